The summed E-state index contributed by atoms with van der Waals surface area (Å²) < 4.78 is 0. The number of aliphatic hydroxyl groups excluding tert-OH is 4. The lowest BCUT2D eigenvalue weighted by Gasteiger charge is -1.74. The summed E-state index contributed by atoms with van der Waals surface area (Å²) in [5, 5.41) is 46.1. The van der Waals surface area contributed by atoms with E-state index in [-0.39, 0.29) is 26.4 Å². The van der Waals surface area contributed by atoms with Gasteiger partial charge in [0, 0.05) is 12.2 Å². The van der Waals surface area contributed by atoms with Crippen LogP contribution in [-0.2, 0) is 9.59 Å². The first kappa shape index (κ1) is 20.0. The predicted octanol–water partition coefficient (Wildman–Crippen LogP) is -2.35. The number of rotatable bonds is 4. The van der Waals surface area contributed by atoms with Gasteiger partial charge in [0.1, 0.15) is 0 Å². The maximum atomic E-state index is 9.55. The number of hydrogen-bond donors (Lipinski definition) is 6. The fourth-order valence-electron chi connectivity index (χ4n) is 0.143. The smallest absolute Gasteiger partial charge is 0.328 e. The molecular weight excluding hydrogens is 224 g/mol. The Labute approximate surface area is 91.7 Å². The van der Waals surface area contributed by atoms with E-state index in [0.29, 0.717) is 12.2 Å². The molecule has 0 aliphatic carbocycles. The van der Waals surface area contributed by atoms with Gasteiger partial charge in [0.15, 0.2) is 0 Å². The van der Waals surface area contributed by atoms with Crippen molar-refractivity contribution in [1.82, 2.24) is 0 Å². The van der Waals surface area contributed by atoms with Crippen LogP contribution in [0.2, 0.25) is 0 Å². The molecule has 0 atom stereocenters. The number of aliphatic hydroxyl groups is 4. The van der Waals surface area contributed by atoms with Crippen LogP contribution in [-0.4, -0.2) is 69.0 Å². The second-order valence-corrected chi connectivity index (χ2v) is 1.90. The molecule has 8 nitrogen and oxygen atoms in total. The molecule has 8 heteroatoms. The predicted molar refractivity (Wildman–Crippen MR) is 52.8 cm³/mol. The van der Waals surface area contributed by atoms with Gasteiger partial charge < -0.3 is 30.6 Å². The van der Waals surface area contributed by atoms with Gasteiger partial charge in [-0.3, -0.25) is 0 Å². The van der Waals surface area contributed by atoms with Gasteiger partial charge in [0.25, 0.3) is 0 Å². The zero-order chi connectivity index (χ0) is 13.4. The summed E-state index contributed by atoms with van der Waals surface area (Å²) in [6.45, 7) is -0.500. The van der Waals surface area contributed by atoms with Gasteiger partial charge in [-0.1, -0.05) is 0 Å². The summed E-state index contributed by atoms with van der Waals surface area (Å²) >= 11 is 0. The van der Waals surface area contributed by atoms with Crippen molar-refractivity contribution in [1.29, 1.82) is 0 Å². The Morgan fingerprint density at radius 1 is 0.688 bits per heavy atom. The molecule has 0 aliphatic rings. The van der Waals surface area contributed by atoms with Gasteiger partial charge in [-0.25, -0.2) is 9.59 Å². The maximum absolute atomic E-state index is 9.55. The summed E-state index contributed by atoms with van der Waals surface area (Å²) in [5.41, 5.74) is 0. The molecule has 6 N–H and O–H groups in total. The molecule has 16 heavy (non-hydrogen) atoms. The molecule has 0 fully saturated rings. The molecular formula is C8H16O8. The zero-order valence-corrected chi connectivity index (χ0v) is 8.48. The molecule has 0 saturated carbocycles. The van der Waals surface area contributed by atoms with Crippen LogP contribution >= 0.6 is 0 Å². The average Bonchev–Trinajstić information content (AvgIpc) is 2.27. The molecule has 0 aliphatic heterocycles. The highest BCUT2D eigenvalue weighted by Crippen LogP contribution is 1.70. The standard InChI is InChI=1S/C4H4O4.2C2H6O2/c5-3(6)1-2-4(7)8;2*3-1-2-4/h1-2H,(H,5,6)(H,7,8);2*3-4H,1-2H2/b2-1-;;. The molecule has 0 aromatic heterocycles. The van der Waals surface area contributed by atoms with Crippen LogP contribution in [0.5, 0.6) is 0 Å². The van der Waals surface area contributed by atoms with E-state index in [1.807, 2.05) is 0 Å². The highest BCUT2D eigenvalue weighted by molar-refractivity contribution is 5.89. The third-order valence-corrected chi connectivity index (χ3v) is 0.568. The van der Waals surface area contributed by atoms with Crippen molar-refractivity contribution in [2.24, 2.45) is 0 Å². The van der Waals surface area contributed by atoms with Gasteiger partial charge in [-0.05, 0) is 0 Å². The van der Waals surface area contributed by atoms with Crippen LogP contribution in [0.15, 0.2) is 12.2 Å². The zero-order valence-electron chi connectivity index (χ0n) is 8.48. The van der Waals surface area contributed by atoms with Gasteiger partial charge >= 0.3 is 11.9 Å². The summed E-state index contributed by atoms with van der Waals surface area (Å²) in [4.78, 5) is 19.1. The SMILES string of the molecule is O=C(O)/C=C\C(=O)O.OCCO.OCCO. The van der Waals surface area contributed by atoms with Crippen molar-refractivity contribution in [3.05, 3.63) is 12.2 Å². The Morgan fingerprint density at radius 2 is 0.875 bits per heavy atom. The van der Waals surface area contributed by atoms with E-state index in [4.69, 9.17) is 30.6 Å². The summed E-state index contributed by atoms with van der Waals surface area (Å²) in [7, 11) is 0. The molecule has 96 valence electrons. The average molecular weight is 240 g/mol. The molecule has 0 unspecified atom stereocenters. The normalized spacial score (nSPS) is 8.50. The third kappa shape index (κ3) is 54.5. The number of hydrogen-bond acceptors (Lipinski definition) is 6. The number of carboxylic acid groups (broad SMARTS) is 2. The Bertz CT molecular complexity index is 164. The van der Waals surface area contributed by atoms with Gasteiger partial charge in [-0.15, -0.1) is 0 Å². The molecule has 0 heterocycles. The number of carbonyl (C=O) groups is 2. The molecule has 0 amide bonds. The Balaban J connectivity index is -0.000000179. The lowest BCUT2D eigenvalue weighted by atomic mass is 10.5. The molecule has 0 radical (unpaired) electrons. The summed E-state index contributed by atoms with van der Waals surface area (Å²) in [5.74, 6) is -2.51. The molecule has 0 rings (SSSR count). The fraction of sp³-hybridized carbons (Fsp3) is 0.500. The van der Waals surface area contributed by atoms with Crippen LogP contribution in [0.4, 0.5) is 0 Å². The van der Waals surface area contributed by atoms with E-state index in [1.54, 1.807) is 0 Å². The minimum atomic E-state index is -1.26. The second kappa shape index (κ2) is 19.1. The van der Waals surface area contributed by atoms with Crippen LogP contribution < -0.4 is 0 Å². The topological polar surface area (TPSA) is 156 Å². The molecule has 0 saturated heterocycles. The quantitative estimate of drug-likeness (QED) is 0.298. The lowest BCUT2D eigenvalue weighted by molar-refractivity contribution is -0.134. The number of carboxylic acids is 2. The van der Waals surface area contributed by atoms with Crippen LogP contribution in [0.1, 0.15) is 0 Å². The van der Waals surface area contributed by atoms with Crippen LogP contribution in [0.3, 0.4) is 0 Å². The van der Waals surface area contributed by atoms with Crippen molar-refractivity contribution in [3.8, 4) is 0 Å². The fourth-order valence-corrected chi connectivity index (χ4v) is 0.143. The van der Waals surface area contributed by atoms with Crippen molar-refractivity contribution >= 4 is 11.9 Å². The van der Waals surface area contributed by atoms with E-state index in [9.17, 15) is 9.59 Å². The second-order valence-electron chi connectivity index (χ2n) is 1.90. The summed E-state index contributed by atoms with van der Waals surface area (Å²) in [6.07, 6.45) is 1.12. The molecule has 0 spiro atoms. The monoisotopic (exact) mass is 240 g/mol. The first-order valence-electron chi connectivity index (χ1n) is 4.03. The van der Waals surface area contributed by atoms with Gasteiger partial charge in [0.2, 0.25) is 0 Å². The lowest BCUT2D eigenvalue weighted by Crippen LogP contribution is -1.91. The van der Waals surface area contributed by atoms with E-state index in [0.717, 1.165) is 0 Å². The highest BCUT2D eigenvalue weighted by atomic mass is 16.4. The first-order chi connectivity index (χ1) is 7.45. The van der Waals surface area contributed by atoms with Gasteiger partial charge in [-0.2, -0.15) is 0 Å². The van der Waals surface area contributed by atoms with E-state index < -0.39 is 11.9 Å². The van der Waals surface area contributed by atoms with E-state index in [2.05, 4.69) is 0 Å². The minimum absolute atomic E-state index is 0.125. The van der Waals surface area contributed by atoms with E-state index >= 15 is 0 Å². The van der Waals surface area contributed by atoms with E-state index in [1.165, 1.54) is 0 Å². The van der Waals surface area contributed by atoms with Crippen molar-refractivity contribution in [2.75, 3.05) is 26.4 Å². The maximum Gasteiger partial charge on any atom is 0.328 e. The minimum Gasteiger partial charge on any atom is -0.478 e. The number of aliphatic carboxylic acids is 2. The van der Waals surface area contributed by atoms with Crippen molar-refractivity contribution in [2.45, 2.75) is 0 Å². The summed E-state index contributed by atoms with van der Waals surface area (Å²) in [6, 6.07) is 0. The molecule has 0 aromatic rings. The largest absolute Gasteiger partial charge is 0.478 e. The third-order valence-electron chi connectivity index (χ3n) is 0.568. The van der Waals surface area contributed by atoms with Gasteiger partial charge in [0.05, 0.1) is 26.4 Å². The van der Waals surface area contributed by atoms with Crippen LogP contribution in [0, 0.1) is 0 Å². The Morgan fingerprint density at radius 3 is 0.938 bits per heavy atom. The Kier molecular flexibility index (Phi) is 23.9. The van der Waals surface area contributed by atoms with Crippen molar-refractivity contribution in [3.63, 3.8) is 0 Å². The highest BCUT2D eigenvalue weighted by Gasteiger charge is 1.88. The van der Waals surface area contributed by atoms with Crippen LogP contribution in [0.25, 0.3) is 0 Å². The molecule has 0 aromatic carbocycles. The molecule has 0 bridgehead atoms. The first-order valence-corrected chi connectivity index (χ1v) is 4.03. The van der Waals surface area contributed by atoms with Crippen molar-refractivity contribution < 1.29 is 40.2 Å². The Hall–Kier alpha value is -1.48.